The highest BCUT2D eigenvalue weighted by atomic mass is 32.2. The van der Waals surface area contributed by atoms with Gasteiger partial charge < -0.3 is 15.2 Å². The van der Waals surface area contributed by atoms with E-state index in [1.54, 1.807) is 31.2 Å². The molecule has 0 saturated carbocycles. The molecular formula is C23H27NO5S. The highest BCUT2D eigenvalue weighted by Gasteiger charge is 2.29. The van der Waals surface area contributed by atoms with Crippen molar-refractivity contribution in [3.05, 3.63) is 65.7 Å². The third kappa shape index (κ3) is 7.22. The fraction of sp³-hybridized carbons (Fsp3) is 0.348. The van der Waals surface area contributed by atoms with E-state index < -0.39 is 17.9 Å². The van der Waals surface area contributed by atoms with Crippen LogP contribution in [0.2, 0.25) is 0 Å². The zero-order chi connectivity index (χ0) is 22.1. The molecule has 7 heteroatoms. The van der Waals surface area contributed by atoms with Crippen molar-refractivity contribution in [3.63, 3.8) is 0 Å². The number of amides is 1. The van der Waals surface area contributed by atoms with Crippen molar-refractivity contribution in [3.8, 4) is 5.75 Å². The van der Waals surface area contributed by atoms with E-state index in [1.807, 2.05) is 37.3 Å². The molecule has 30 heavy (non-hydrogen) atoms. The van der Waals surface area contributed by atoms with E-state index in [9.17, 15) is 19.5 Å². The summed E-state index contributed by atoms with van der Waals surface area (Å²) in [4.78, 5) is 36.7. The third-order valence-electron chi connectivity index (χ3n) is 4.76. The average Bonchev–Trinajstić information content (AvgIpc) is 2.73. The normalized spacial score (nSPS) is 13.7. The second-order valence-electron chi connectivity index (χ2n) is 7.11. The average molecular weight is 430 g/mol. The largest absolute Gasteiger partial charge is 0.508 e. The van der Waals surface area contributed by atoms with Crippen LogP contribution in [0.4, 0.5) is 0 Å². The molecule has 0 saturated heterocycles. The summed E-state index contributed by atoms with van der Waals surface area (Å²) in [6.45, 7) is 5.04. The second-order valence-corrected chi connectivity index (χ2v) is 8.31. The van der Waals surface area contributed by atoms with Gasteiger partial charge in [-0.1, -0.05) is 61.2 Å². The van der Waals surface area contributed by atoms with Crippen LogP contribution in [0.3, 0.4) is 0 Å². The Balaban J connectivity index is 2.02. The first-order valence-corrected chi connectivity index (χ1v) is 10.7. The third-order valence-corrected chi connectivity index (χ3v) is 5.69. The van der Waals surface area contributed by atoms with Gasteiger partial charge in [0.25, 0.3) is 0 Å². The number of ether oxygens (including phenoxy) is 1. The molecule has 2 aromatic carbocycles. The van der Waals surface area contributed by atoms with Crippen molar-refractivity contribution in [2.24, 2.45) is 5.92 Å². The zero-order valence-corrected chi connectivity index (χ0v) is 18.1. The van der Waals surface area contributed by atoms with Crippen LogP contribution < -0.4 is 5.32 Å². The molecule has 2 N–H and O–H groups in total. The van der Waals surface area contributed by atoms with E-state index in [0.29, 0.717) is 0 Å². The molecule has 3 atom stereocenters. The summed E-state index contributed by atoms with van der Waals surface area (Å²) < 4.78 is 5.29. The van der Waals surface area contributed by atoms with Gasteiger partial charge in [0.1, 0.15) is 18.4 Å². The predicted octanol–water partition coefficient (Wildman–Crippen LogP) is 3.64. The van der Waals surface area contributed by atoms with Crippen LogP contribution in [0.25, 0.3) is 0 Å². The van der Waals surface area contributed by atoms with Gasteiger partial charge in [-0.2, -0.15) is 0 Å². The summed E-state index contributed by atoms with van der Waals surface area (Å²) in [7, 11) is 0. The molecule has 6 nitrogen and oxygen atoms in total. The maximum Gasteiger partial charge on any atom is 0.328 e. The molecule has 0 radical (unpaired) electrons. The molecule has 2 aromatic rings. The Labute approximate surface area is 181 Å². The van der Waals surface area contributed by atoms with Crippen molar-refractivity contribution in [1.29, 1.82) is 0 Å². The molecule has 1 amide bonds. The van der Waals surface area contributed by atoms with Gasteiger partial charge >= 0.3 is 5.97 Å². The van der Waals surface area contributed by atoms with E-state index in [2.05, 4.69) is 5.32 Å². The van der Waals surface area contributed by atoms with E-state index in [0.717, 1.165) is 22.9 Å². The lowest BCUT2D eigenvalue weighted by Gasteiger charge is -2.24. The van der Waals surface area contributed by atoms with Crippen LogP contribution in [0.5, 0.6) is 5.75 Å². The number of hydrogen-bond donors (Lipinski definition) is 2. The molecule has 160 valence electrons. The predicted molar refractivity (Wildman–Crippen MR) is 117 cm³/mol. The highest BCUT2D eigenvalue weighted by Crippen LogP contribution is 2.29. The lowest BCUT2D eigenvalue weighted by Crippen LogP contribution is -2.44. The molecule has 0 aliphatic carbocycles. The Hall–Kier alpha value is -2.80. The number of benzene rings is 2. The van der Waals surface area contributed by atoms with Gasteiger partial charge in [-0.3, -0.25) is 9.59 Å². The van der Waals surface area contributed by atoms with E-state index in [1.165, 1.54) is 6.92 Å². The Morgan fingerprint density at radius 1 is 1.03 bits per heavy atom. The Kier molecular flexibility index (Phi) is 8.92. The Morgan fingerprint density at radius 2 is 1.67 bits per heavy atom. The topological polar surface area (TPSA) is 92.7 Å². The van der Waals surface area contributed by atoms with E-state index in [4.69, 9.17) is 4.74 Å². The number of hydrogen-bond acceptors (Lipinski definition) is 6. The maximum atomic E-state index is 12.9. The smallest absolute Gasteiger partial charge is 0.328 e. The Morgan fingerprint density at radius 3 is 2.27 bits per heavy atom. The fourth-order valence-corrected chi connectivity index (χ4v) is 3.75. The number of nitrogens with one attached hydrogen (secondary N) is 1. The summed E-state index contributed by atoms with van der Waals surface area (Å²) in [5.74, 6) is -1.18. The van der Waals surface area contributed by atoms with Crippen LogP contribution >= 0.6 is 11.8 Å². The monoisotopic (exact) mass is 429 g/mol. The highest BCUT2D eigenvalue weighted by molar-refractivity contribution is 8.13. The molecule has 0 aromatic heterocycles. The number of phenolic OH excluding ortho intramolecular Hbond substituents is 1. The summed E-state index contributed by atoms with van der Waals surface area (Å²) in [6, 6.07) is 15.1. The molecule has 0 bridgehead atoms. The fourth-order valence-electron chi connectivity index (χ4n) is 2.90. The zero-order valence-electron chi connectivity index (χ0n) is 17.3. The van der Waals surface area contributed by atoms with Crippen LogP contribution in [0.15, 0.2) is 54.6 Å². The molecule has 0 fully saturated rings. The molecule has 3 unspecified atom stereocenters. The van der Waals surface area contributed by atoms with Crippen LogP contribution in [-0.4, -0.2) is 33.9 Å². The summed E-state index contributed by atoms with van der Waals surface area (Å²) >= 11 is 1.07. The minimum atomic E-state index is -0.821. The van der Waals surface area contributed by atoms with Crippen molar-refractivity contribution in [2.75, 3.05) is 5.75 Å². The molecule has 2 rings (SSSR count). The van der Waals surface area contributed by atoms with Gasteiger partial charge in [0.15, 0.2) is 5.12 Å². The molecule has 0 aliphatic heterocycles. The van der Waals surface area contributed by atoms with Crippen molar-refractivity contribution in [2.45, 2.75) is 39.3 Å². The standard InChI is InChI=1S/C23H27NO5S/c1-15(19-9-11-20(26)12-10-19)21(14-30-17(3)25)22(27)24-16(2)23(28)29-13-18-7-5-4-6-8-18/h4-12,15-16,21,26H,13-14H2,1-3H3,(H,24,27). The Bertz CT molecular complexity index is 854. The summed E-state index contributed by atoms with van der Waals surface area (Å²) in [6.07, 6.45) is 0. The van der Waals surface area contributed by atoms with Gasteiger partial charge in [0.05, 0.1) is 5.92 Å². The number of esters is 1. The van der Waals surface area contributed by atoms with Gasteiger partial charge in [-0.05, 0) is 36.1 Å². The molecule has 0 spiro atoms. The lowest BCUT2D eigenvalue weighted by atomic mass is 9.88. The first kappa shape index (κ1) is 23.5. The molecular weight excluding hydrogens is 402 g/mol. The SMILES string of the molecule is CC(=O)SCC(C(=O)NC(C)C(=O)OCc1ccccc1)C(C)c1ccc(O)cc1. The van der Waals surface area contributed by atoms with Crippen LogP contribution in [0, 0.1) is 5.92 Å². The lowest BCUT2D eigenvalue weighted by molar-refractivity contribution is -0.149. The number of thioether (sulfide) groups is 1. The van der Waals surface area contributed by atoms with Gasteiger partial charge in [-0.15, -0.1) is 0 Å². The van der Waals surface area contributed by atoms with E-state index >= 15 is 0 Å². The quantitative estimate of drug-likeness (QED) is 0.591. The van der Waals surface area contributed by atoms with Gasteiger partial charge in [0.2, 0.25) is 5.91 Å². The minimum Gasteiger partial charge on any atom is -0.508 e. The number of phenols is 1. The number of rotatable bonds is 9. The van der Waals surface area contributed by atoms with Crippen molar-refractivity contribution < 1.29 is 24.2 Å². The first-order valence-electron chi connectivity index (χ1n) is 9.71. The first-order chi connectivity index (χ1) is 14.3. The molecule has 0 heterocycles. The molecule has 0 aliphatic rings. The minimum absolute atomic E-state index is 0.0824. The number of carbonyl (C=O) groups is 3. The van der Waals surface area contributed by atoms with Gasteiger partial charge in [0, 0.05) is 12.7 Å². The van der Waals surface area contributed by atoms with Gasteiger partial charge in [-0.25, -0.2) is 4.79 Å². The van der Waals surface area contributed by atoms with Crippen molar-refractivity contribution in [1.82, 2.24) is 5.32 Å². The number of carbonyl (C=O) groups excluding carboxylic acids is 3. The van der Waals surface area contributed by atoms with Crippen molar-refractivity contribution >= 4 is 28.8 Å². The summed E-state index contributed by atoms with van der Waals surface area (Å²) in [5.41, 5.74) is 1.72. The summed E-state index contributed by atoms with van der Waals surface area (Å²) in [5, 5.41) is 12.1. The number of aromatic hydroxyl groups is 1. The second kappa shape index (κ2) is 11.4. The van der Waals surface area contributed by atoms with Crippen LogP contribution in [0.1, 0.15) is 37.8 Å². The van der Waals surface area contributed by atoms with E-state index in [-0.39, 0.29) is 35.0 Å². The van der Waals surface area contributed by atoms with Crippen LogP contribution in [-0.2, 0) is 25.7 Å². The maximum absolute atomic E-state index is 12.9.